The Morgan fingerprint density at radius 3 is 2.81 bits per heavy atom. The van der Waals surface area contributed by atoms with Crippen LogP contribution >= 0.6 is 15.9 Å². The minimum absolute atomic E-state index is 0.303. The Bertz CT molecular complexity index is 1040. The Hall–Kier alpha value is -1.85. The van der Waals surface area contributed by atoms with Crippen LogP contribution < -0.4 is 0 Å². The van der Waals surface area contributed by atoms with Crippen LogP contribution in [0.3, 0.4) is 0 Å². The van der Waals surface area contributed by atoms with E-state index in [1.807, 2.05) is 0 Å². The normalized spacial score (nSPS) is 31.5. The highest BCUT2D eigenvalue weighted by atomic mass is 79.9. The van der Waals surface area contributed by atoms with Crippen LogP contribution in [0.5, 0.6) is 0 Å². The predicted octanol–water partition coefficient (Wildman–Crippen LogP) is 5.18. The zero-order valence-electron chi connectivity index (χ0n) is 18.6. The Labute approximate surface area is 199 Å². The molecule has 5 heteroatoms. The maximum atomic E-state index is 13.7. The first-order chi connectivity index (χ1) is 15.7. The van der Waals surface area contributed by atoms with Gasteiger partial charge in [-0.3, -0.25) is 9.69 Å². The van der Waals surface area contributed by atoms with Crippen LogP contribution in [0.25, 0.3) is 6.08 Å². The summed E-state index contributed by atoms with van der Waals surface area (Å²) in [4.78, 5) is 18.7. The van der Waals surface area contributed by atoms with Crippen molar-refractivity contribution in [1.29, 1.82) is 0 Å². The third-order valence-corrected chi connectivity index (χ3v) is 8.84. The van der Waals surface area contributed by atoms with E-state index >= 15 is 0 Å². The summed E-state index contributed by atoms with van der Waals surface area (Å²) in [5.74, 6) is 1.67. The van der Waals surface area contributed by atoms with Crippen molar-refractivity contribution in [2.24, 2.45) is 11.8 Å². The molecule has 0 N–H and O–H groups in total. The van der Waals surface area contributed by atoms with Crippen molar-refractivity contribution in [2.45, 2.75) is 57.2 Å². The quantitative estimate of drug-likeness (QED) is 0.551. The van der Waals surface area contributed by atoms with E-state index in [0.29, 0.717) is 23.8 Å². The van der Waals surface area contributed by atoms with Gasteiger partial charge in [0.1, 0.15) is 0 Å². The molecular formula is C27H32BrN3O. The second kappa shape index (κ2) is 8.49. The number of piperidine rings is 4. The van der Waals surface area contributed by atoms with Crippen molar-refractivity contribution in [3.8, 4) is 0 Å². The lowest BCUT2D eigenvalue weighted by Gasteiger charge is -2.58. The highest BCUT2D eigenvalue weighted by Crippen LogP contribution is 2.45. The van der Waals surface area contributed by atoms with Crippen molar-refractivity contribution in [3.05, 3.63) is 63.9 Å². The summed E-state index contributed by atoms with van der Waals surface area (Å²) in [6, 6.07) is 13.9. The van der Waals surface area contributed by atoms with E-state index in [4.69, 9.17) is 0 Å². The van der Waals surface area contributed by atoms with Gasteiger partial charge in [-0.1, -0.05) is 28.1 Å². The minimum Gasteiger partial charge on any atom is -0.344 e. The van der Waals surface area contributed by atoms with Crippen LogP contribution in [0.4, 0.5) is 0 Å². The fraction of sp³-hybridized carbons (Fsp3) is 0.519. The van der Waals surface area contributed by atoms with E-state index in [1.165, 1.54) is 44.3 Å². The number of carbonyl (C=O) groups is 1. The molecule has 0 bridgehead atoms. The van der Waals surface area contributed by atoms with E-state index in [0.717, 1.165) is 47.7 Å². The zero-order valence-corrected chi connectivity index (χ0v) is 20.2. The molecular weight excluding hydrogens is 462 g/mol. The molecule has 0 aliphatic carbocycles. The first kappa shape index (κ1) is 20.7. The Kier molecular flexibility index (Phi) is 5.50. The highest BCUT2D eigenvalue weighted by molar-refractivity contribution is 9.10. The van der Waals surface area contributed by atoms with E-state index in [-0.39, 0.29) is 0 Å². The summed E-state index contributed by atoms with van der Waals surface area (Å²) in [5.41, 5.74) is 3.38. The number of aromatic nitrogens is 1. The molecule has 1 aromatic carbocycles. The highest BCUT2D eigenvalue weighted by Gasteiger charge is 2.51. The lowest BCUT2D eigenvalue weighted by molar-refractivity contribution is -0.145. The standard InChI is InChI=1S/C27H32BrN3O/c28-22-7-1-5-19(15-22)17-30-14-3-8-23(30)16-20-10-11-25-24-9-4-13-29-12-2-6-21(26(24)29)18-31(25)27(20)32/h1,3,5,7-8,14-16,21,24-26H,2,4,6,9-13,17-18H2/b20-16+/t21-,24+,25+,26-/m0/s1. The molecule has 4 atom stereocenters. The molecule has 5 heterocycles. The minimum atomic E-state index is 0.303. The third-order valence-electron chi connectivity index (χ3n) is 8.35. The maximum absolute atomic E-state index is 13.7. The van der Waals surface area contributed by atoms with Crippen molar-refractivity contribution in [3.63, 3.8) is 0 Å². The molecule has 1 amide bonds. The van der Waals surface area contributed by atoms with Crippen LogP contribution in [-0.4, -0.2) is 52.0 Å². The summed E-state index contributed by atoms with van der Waals surface area (Å²) < 4.78 is 3.35. The number of carbonyl (C=O) groups excluding carboxylic acids is 1. The Morgan fingerprint density at radius 1 is 1.06 bits per heavy atom. The maximum Gasteiger partial charge on any atom is 0.250 e. The molecule has 168 valence electrons. The molecule has 1 aromatic heterocycles. The number of nitrogens with zero attached hydrogens (tertiary/aromatic N) is 3. The van der Waals surface area contributed by atoms with Gasteiger partial charge in [0.2, 0.25) is 5.91 Å². The second-order valence-corrected chi connectivity index (χ2v) is 11.1. The lowest BCUT2D eigenvalue weighted by Crippen LogP contribution is -2.66. The Balaban J connectivity index is 1.24. The van der Waals surface area contributed by atoms with Gasteiger partial charge in [-0.2, -0.15) is 0 Å². The molecule has 4 saturated heterocycles. The van der Waals surface area contributed by atoms with E-state index in [2.05, 4.69) is 79.0 Å². The van der Waals surface area contributed by atoms with Crippen LogP contribution in [0.2, 0.25) is 0 Å². The van der Waals surface area contributed by atoms with Crippen LogP contribution in [0.1, 0.15) is 49.8 Å². The molecule has 4 nitrogen and oxygen atoms in total. The molecule has 4 aliphatic rings. The average Bonchev–Trinajstić information content (AvgIpc) is 3.23. The second-order valence-electron chi connectivity index (χ2n) is 10.2. The molecule has 0 saturated carbocycles. The zero-order chi connectivity index (χ0) is 21.7. The molecule has 2 aromatic rings. The number of hydrogen-bond acceptors (Lipinski definition) is 2. The van der Waals surface area contributed by atoms with Gasteiger partial charge in [0.25, 0.3) is 0 Å². The van der Waals surface area contributed by atoms with Gasteiger partial charge in [-0.15, -0.1) is 0 Å². The van der Waals surface area contributed by atoms with E-state index < -0.39 is 0 Å². The van der Waals surface area contributed by atoms with Gasteiger partial charge in [0.15, 0.2) is 0 Å². The molecule has 0 spiro atoms. The predicted molar refractivity (Wildman–Crippen MR) is 131 cm³/mol. The van der Waals surface area contributed by atoms with Crippen LogP contribution in [-0.2, 0) is 11.3 Å². The van der Waals surface area contributed by atoms with Gasteiger partial charge in [-0.25, -0.2) is 0 Å². The molecule has 4 aliphatic heterocycles. The summed E-state index contributed by atoms with van der Waals surface area (Å²) in [6.07, 6.45) is 11.5. The number of fused-ring (bicyclic) bond motifs is 2. The summed E-state index contributed by atoms with van der Waals surface area (Å²) >= 11 is 3.57. The van der Waals surface area contributed by atoms with E-state index in [1.54, 1.807) is 0 Å². The van der Waals surface area contributed by atoms with Gasteiger partial charge < -0.3 is 9.47 Å². The molecule has 0 radical (unpaired) electrons. The van der Waals surface area contributed by atoms with Crippen molar-refractivity contribution in [2.75, 3.05) is 19.6 Å². The largest absolute Gasteiger partial charge is 0.344 e. The molecule has 0 unspecified atom stereocenters. The van der Waals surface area contributed by atoms with Gasteiger partial charge in [0.05, 0.1) is 0 Å². The first-order valence-electron chi connectivity index (χ1n) is 12.3. The molecule has 4 fully saturated rings. The SMILES string of the molecule is O=C1/C(=C/c2cccn2Cc2cccc(Br)c2)CC[C@@H]2[C@H]3CCCN4CCC[C@@H](CN12)[C@@H]34. The average molecular weight is 494 g/mol. The van der Waals surface area contributed by atoms with Crippen molar-refractivity contribution in [1.82, 2.24) is 14.4 Å². The van der Waals surface area contributed by atoms with Crippen LogP contribution in [0.15, 0.2) is 52.6 Å². The monoisotopic (exact) mass is 493 g/mol. The lowest BCUT2D eigenvalue weighted by atomic mass is 9.67. The number of amides is 1. The van der Waals surface area contributed by atoms with Gasteiger partial charge >= 0.3 is 0 Å². The smallest absolute Gasteiger partial charge is 0.250 e. The summed E-state index contributed by atoms with van der Waals surface area (Å²) in [7, 11) is 0. The van der Waals surface area contributed by atoms with Crippen LogP contribution in [0, 0.1) is 11.8 Å². The number of rotatable bonds is 3. The number of benzene rings is 1. The topological polar surface area (TPSA) is 28.5 Å². The fourth-order valence-corrected chi connectivity index (χ4v) is 7.49. The first-order valence-corrected chi connectivity index (χ1v) is 13.1. The van der Waals surface area contributed by atoms with Crippen molar-refractivity contribution >= 4 is 27.9 Å². The van der Waals surface area contributed by atoms with Gasteiger partial charge in [-0.05, 0) is 99.4 Å². The number of halogens is 1. The molecule has 6 rings (SSSR count). The number of hydrogen-bond donors (Lipinski definition) is 0. The van der Waals surface area contributed by atoms with Crippen molar-refractivity contribution < 1.29 is 4.79 Å². The fourth-order valence-electron chi connectivity index (χ4n) is 7.04. The summed E-state index contributed by atoms with van der Waals surface area (Å²) in [6.45, 7) is 4.34. The van der Waals surface area contributed by atoms with E-state index in [9.17, 15) is 4.79 Å². The third kappa shape index (κ3) is 3.67. The molecule has 32 heavy (non-hydrogen) atoms. The summed E-state index contributed by atoms with van der Waals surface area (Å²) in [5, 5.41) is 0. The Morgan fingerprint density at radius 2 is 1.94 bits per heavy atom. The van der Waals surface area contributed by atoms with Gasteiger partial charge in [0, 0.05) is 47.1 Å².